The maximum atomic E-state index is 9.67. The molecular weight excluding hydrogens is 306 g/mol. The van der Waals surface area contributed by atoms with Crippen LogP contribution in [0.4, 0.5) is 5.82 Å². The topological polar surface area (TPSA) is 58.0 Å². The number of phenolic OH excluding ortho intramolecular Hbond substituents is 1. The normalized spacial score (nSPS) is 15.9. The Labute approximate surface area is 138 Å². The number of rotatable bonds is 3. The van der Waals surface area contributed by atoms with E-state index in [0.717, 1.165) is 28.5 Å². The summed E-state index contributed by atoms with van der Waals surface area (Å²) in [6, 6.07) is 15.3. The van der Waals surface area contributed by atoms with Crippen molar-refractivity contribution in [1.29, 1.82) is 0 Å². The first-order chi connectivity index (χ1) is 11.3. The summed E-state index contributed by atoms with van der Waals surface area (Å²) in [4.78, 5) is 8.92. The third-order valence-electron chi connectivity index (χ3n) is 3.80. The van der Waals surface area contributed by atoms with Gasteiger partial charge in [0.25, 0.3) is 0 Å². The summed E-state index contributed by atoms with van der Waals surface area (Å²) in [5.74, 6) is 1.20. The number of nitrogens with zero attached hydrogens (tertiary/aromatic N) is 2. The molecule has 0 fully saturated rings. The summed E-state index contributed by atoms with van der Waals surface area (Å²) < 4.78 is 0. The Kier molecular flexibility index (Phi) is 3.63. The molecule has 4 nitrogen and oxygen atoms in total. The first-order valence-corrected chi connectivity index (χ1v) is 8.28. The van der Waals surface area contributed by atoms with E-state index in [0.29, 0.717) is 0 Å². The Bertz CT molecular complexity index is 839. The number of hydrogen-bond donors (Lipinski definition) is 2. The lowest BCUT2D eigenvalue weighted by molar-refractivity contribution is 0.475. The molecule has 2 N–H and O–H groups in total. The van der Waals surface area contributed by atoms with Gasteiger partial charge in [-0.2, -0.15) is 0 Å². The van der Waals surface area contributed by atoms with Crippen molar-refractivity contribution in [2.24, 2.45) is 0 Å². The van der Waals surface area contributed by atoms with Gasteiger partial charge in [-0.25, -0.2) is 9.97 Å². The Hall–Kier alpha value is -2.53. The summed E-state index contributed by atoms with van der Waals surface area (Å²) in [5, 5.41) is 14.3. The molecule has 0 bridgehead atoms. The Balaban J connectivity index is 1.66. The molecule has 4 rings (SSSR count). The Morgan fingerprint density at radius 2 is 2.00 bits per heavy atom. The first-order valence-electron chi connectivity index (χ1n) is 7.40. The van der Waals surface area contributed by atoms with Crippen molar-refractivity contribution in [3.63, 3.8) is 0 Å². The van der Waals surface area contributed by atoms with Gasteiger partial charge in [-0.3, -0.25) is 0 Å². The lowest BCUT2D eigenvalue weighted by Crippen LogP contribution is -1.98. The van der Waals surface area contributed by atoms with E-state index < -0.39 is 0 Å². The maximum absolute atomic E-state index is 9.67. The molecule has 114 valence electrons. The van der Waals surface area contributed by atoms with Crippen LogP contribution in [-0.4, -0.2) is 21.6 Å². The lowest BCUT2D eigenvalue weighted by atomic mass is 10.0. The highest BCUT2D eigenvalue weighted by molar-refractivity contribution is 7.99. The lowest BCUT2D eigenvalue weighted by Gasteiger charge is -2.10. The summed E-state index contributed by atoms with van der Waals surface area (Å²) in [5.41, 5.74) is 3.16. The maximum Gasteiger partial charge on any atom is 0.130 e. The van der Waals surface area contributed by atoms with E-state index in [9.17, 15) is 5.11 Å². The van der Waals surface area contributed by atoms with Crippen molar-refractivity contribution in [2.75, 3.05) is 11.9 Å². The van der Waals surface area contributed by atoms with Crippen molar-refractivity contribution >= 4 is 17.6 Å². The first kappa shape index (κ1) is 14.1. The van der Waals surface area contributed by atoms with Gasteiger partial charge >= 0.3 is 0 Å². The van der Waals surface area contributed by atoms with E-state index in [1.165, 1.54) is 5.56 Å². The predicted molar refractivity (Wildman–Crippen MR) is 92.7 cm³/mol. The van der Waals surface area contributed by atoms with E-state index in [2.05, 4.69) is 21.4 Å². The fourth-order valence-corrected chi connectivity index (χ4v) is 3.73. The minimum atomic E-state index is 0.264. The monoisotopic (exact) mass is 321 g/mol. The van der Waals surface area contributed by atoms with Gasteiger partial charge < -0.3 is 10.4 Å². The van der Waals surface area contributed by atoms with Crippen LogP contribution in [0.25, 0.3) is 11.1 Å². The van der Waals surface area contributed by atoms with Gasteiger partial charge in [-0.05, 0) is 35.9 Å². The SMILES string of the molecule is Oc1cccc(-c2cnc3c(c2)C(Sc2ccccn2)CN3)c1. The van der Waals surface area contributed by atoms with E-state index in [1.54, 1.807) is 23.9 Å². The van der Waals surface area contributed by atoms with Gasteiger partial charge in [0.15, 0.2) is 0 Å². The van der Waals surface area contributed by atoms with Crippen molar-refractivity contribution < 1.29 is 5.11 Å². The molecule has 0 amide bonds. The van der Waals surface area contributed by atoms with Gasteiger partial charge in [0, 0.05) is 30.1 Å². The van der Waals surface area contributed by atoms with E-state index in [1.807, 2.05) is 42.7 Å². The number of pyridine rings is 2. The van der Waals surface area contributed by atoms with Crippen LogP contribution >= 0.6 is 11.8 Å². The molecule has 3 aromatic rings. The van der Waals surface area contributed by atoms with Crippen LogP contribution in [0.1, 0.15) is 10.8 Å². The van der Waals surface area contributed by atoms with Crippen LogP contribution in [0.15, 0.2) is 66.0 Å². The molecular formula is C18H15N3OS. The second-order valence-corrected chi connectivity index (χ2v) is 6.59. The van der Waals surface area contributed by atoms with Crippen LogP contribution in [0, 0.1) is 0 Å². The van der Waals surface area contributed by atoms with Crippen LogP contribution in [0.3, 0.4) is 0 Å². The Morgan fingerprint density at radius 3 is 2.83 bits per heavy atom. The molecule has 2 aromatic heterocycles. The van der Waals surface area contributed by atoms with E-state index >= 15 is 0 Å². The van der Waals surface area contributed by atoms with Crippen LogP contribution in [0.5, 0.6) is 5.75 Å². The number of fused-ring (bicyclic) bond motifs is 1. The molecule has 1 aromatic carbocycles. The standard InChI is InChI=1S/C18H15N3OS/c22-14-5-3-4-12(8-14)13-9-15-16(11-21-18(15)20-10-13)23-17-6-1-2-7-19-17/h1-10,16,22H,11H2,(H,20,21). The van der Waals surface area contributed by atoms with Gasteiger partial charge in [-0.15, -0.1) is 0 Å². The van der Waals surface area contributed by atoms with Gasteiger partial charge in [-0.1, -0.05) is 30.0 Å². The predicted octanol–water partition coefficient (Wildman–Crippen LogP) is 4.11. The van der Waals surface area contributed by atoms with E-state index in [-0.39, 0.29) is 11.0 Å². The number of anilines is 1. The molecule has 23 heavy (non-hydrogen) atoms. The second kappa shape index (κ2) is 5.93. The average Bonchev–Trinajstić information content (AvgIpc) is 2.98. The molecule has 1 atom stereocenters. The zero-order valence-electron chi connectivity index (χ0n) is 12.3. The van der Waals surface area contributed by atoms with Crippen LogP contribution in [-0.2, 0) is 0 Å². The second-order valence-electron chi connectivity index (χ2n) is 5.37. The molecule has 5 heteroatoms. The van der Waals surface area contributed by atoms with Crippen molar-refractivity contribution in [2.45, 2.75) is 10.3 Å². The minimum Gasteiger partial charge on any atom is -0.508 e. The molecule has 0 aliphatic carbocycles. The van der Waals surface area contributed by atoms with Gasteiger partial charge in [0.2, 0.25) is 0 Å². The molecule has 1 aliphatic heterocycles. The van der Waals surface area contributed by atoms with Gasteiger partial charge in [0.1, 0.15) is 11.6 Å². The largest absolute Gasteiger partial charge is 0.508 e. The van der Waals surface area contributed by atoms with Gasteiger partial charge in [0.05, 0.1) is 10.3 Å². The highest BCUT2D eigenvalue weighted by atomic mass is 32.2. The highest BCUT2D eigenvalue weighted by Gasteiger charge is 2.25. The number of hydrogen-bond acceptors (Lipinski definition) is 5. The number of aromatic nitrogens is 2. The molecule has 3 heterocycles. The molecule has 1 unspecified atom stereocenters. The average molecular weight is 321 g/mol. The van der Waals surface area contributed by atoms with E-state index in [4.69, 9.17) is 0 Å². The van der Waals surface area contributed by atoms with Crippen molar-refractivity contribution in [3.8, 4) is 16.9 Å². The molecule has 1 aliphatic rings. The zero-order chi connectivity index (χ0) is 15.6. The number of aromatic hydroxyl groups is 1. The Morgan fingerprint density at radius 1 is 1.04 bits per heavy atom. The smallest absolute Gasteiger partial charge is 0.130 e. The fourth-order valence-electron chi connectivity index (χ4n) is 2.69. The molecule has 0 saturated carbocycles. The number of thioether (sulfide) groups is 1. The number of benzene rings is 1. The quantitative estimate of drug-likeness (QED) is 0.760. The number of nitrogens with one attached hydrogen (secondary N) is 1. The van der Waals surface area contributed by atoms with Crippen molar-refractivity contribution in [1.82, 2.24) is 9.97 Å². The van der Waals surface area contributed by atoms with Crippen LogP contribution in [0.2, 0.25) is 0 Å². The molecule has 0 spiro atoms. The highest BCUT2D eigenvalue weighted by Crippen LogP contribution is 2.42. The molecule has 0 saturated heterocycles. The fraction of sp³-hybridized carbons (Fsp3) is 0.111. The summed E-state index contributed by atoms with van der Waals surface area (Å²) in [6.45, 7) is 0.840. The zero-order valence-corrected chi connectivity index (χ0v) is 13.1. The molecule has 0 radical (unpaired) electrons. The number of phenols is 1. The third-order valence-corrected chi connectivity index (χ3v) is 4.99. The van der Waals surface area contributed by atoms with Crippen molar-refractivity contribution in [3.05, 3.63) is 66.5 Å². The van der Waals surface area contributed by atoms with Crippen LogP contribution < -0.4 is 5.32 Å². The minimum absolute atomic E-state index is 0.264. The summed E-state index contributed by atoms with van der Waals surface area (Å²) in [6.07, 6.45) is 3.65. The summed E-state index contributed by atoms with van der Waals surface area (Å²) >= 11 is 1.74. The summed E-state index contributed by atoms with van der Waals surface area (Å²) in [7, 11) is 0. The third kappa shape index (κ3) is 2.87.